The van der Waals surface area contributed by atoms with Crippen molar-refractivity contribution in [1.29, 1.82) is 0 Å². The molecule has 0 unspecified atom stereocenters. The number of methoxy groups -OCH3 is 1. The van der Waals surface area contributed by atoms with E-state index in [1.807, 2.05) is 6.07 Å². The van der Waals surface area contributed by atoms with Crippen molar-refractivity contribution in [3.05, 3.63) is 59.1 Å². The van der Waals surface area contributed by atoms with Crippen molar-refractivity contribution in [2.24, 2.45) is 0 Å². The maximum atomic E-state index is 12.1. The minimum absolute atomic E-state index is 0.305. The first-order chi connectivity index (χ1) is 11.0. The molecule has 2 aromatic rings. The Kier molecular flexibility index (Phi) is 5.60. The number of halogens is 1. The van der Waals surface area contributed by atoms with Gasteiger partial charge < -0.3 is 15.4 Å². The third-order valence-electron chi connectivity index (χ3n) is 3.20. The summed E-state index contributed by atoms with van der Waals surface area (Å²) in [6.07, 6.45) is 0. The maximum Gasteiger partial charge on any atom is 0.251 e. The van der Waals surface area contributed by atoms with Crippen molar-refractivity contribution in [3.8, 4) is 5.75 Å². The summed E-state index contributed by atoms with van der Waals surface area (Å²) in [5.41, 5.74) is 1.03. The monoisotopic (exact) mass is 332 g/mol. The van der Waals surface area contributed by atoms with Crippen LogP contribution >= 0.6 is 11.6 Å². The first kappa shape index (κ1) is 16.8. The lowest BCUT2D eigenvalue weighted by atomic mass is 10.2. The topological polar surface area (TPSA) is 67.4 Å². The highest BCUT2D eigenvalue weighted by atomic mass is 35.5. The minimum Gasteiger partial charge on any atom is -0.495 e. The second-order valence-corrected chi connectivity index (χ2v) is 5.31. The Morgan fingerprint density at radius 2 is 1.83 bits per heavy atom. The van der Waals surface area contributed by atoms with Gasteiger partial charge in [-0.25, -0.2) is 0 Å². The number of rotatable bonds is 5. The van der Waals surface area contributed by atoms with Crippen molar-refractivity contribution in [3.63, 3.8) is 0 Å². The summed E-state index contributed by atoms with van der Waals surface area (Å²) in [6.45, 7) is 1.61. The zero-order valence-corrected chi connectivity index (χ0v) is 13.6. The number of benzene rings is 2. The zero-order valence-electron chi connectivity index (χ0n) is 12.8. The predicted molar refractivity (Wildman–Crippen MR) is 90.0 cm³/mol. The van der Waals surface area contributed by atoms with Crippen LogP contribution < -0.4 is 15.4 Å². The average molecular weight is 333 g/mol. The molecule has 0 fully saturated rings. The number of anilines is 1. The van der Waals surface area contributed by atoms with E-state index in [4.69, 9.17) is 16.3 Å². The number of amides is 2. The van der Waals surface area contributed by atoms with Crippen molar-refractivity contribution in [1.82, 2.24) is 5.32 Å². The van der Waals surface area contributed by atoms with E-state index in [0.29, 0.717) is 22.0 Å². The lowest BCUT2D eigenvalue weighted by Gasteiger charge is -2.14. The van der Waals surface area contributed by atoms with Crippen molar-refractivity contribution < 1.29 is 14.3 Å². The van der Waals surface area contributed by atoms with Crippen LogP contribution in [0.4, 0.5) is 5.69 Å². The largest absolute Gasteiger partial charge is 0.495 e. The first-order valence-electron chi connectivity index (χ1n) is 7.01. The van der Waals surface area contributed by atoms with Crippen molar-refractivity contribution in [2.45, 2.75) is 13.0 Å². The maximum absolute atomic E-state index is 12.1. The highest BCUT2D eigenvalue weighted by Crippen LogP contribution is 2.27. The van der Waals surface area contributed by atoms with Gasteiger partial charge >= 0.3 is 0 Å². The molecule has 0 aliphatic heterocycles. The third kappa shape index (κ3) is 4.47. The van der Waals surface area contributed by atoms with Crippen LogP contribution in [0, 0.1) is 0 Å². The molecule has 5 nitrogen and oxygen atoms in total. The van der Waals surface area contributed by atoms with Gasteiger partial charge in [0.05, 0.1) is 12.1 Å². The molecule has 120 valence electrons. The molecule has 0 radical (unpaired) electrons. The molecule has 0 heterocycles. The van der Waals surface area contributed by atoms with E-state index >= 15 is 0 Å². The summed E-state index contributed by atoms with van der Waals surface area (Å²) in [7, 11) is 1.51. The van der Waals surface area contributed by atoms with Crippen LogP contribution in [-0.2, 0) is 4.79 Å². The van der Waals surface area contributed by atoms with E-state index in [1.54, 1.807) is 49.4 Å². The SMILES string of the molecule is COc1ccc(NC(=O)[C@H](C)NC(=O)c2ccccc2)cc1Cl. The number of ether oxygens (including phenoxy) is 1. The molecule has 0 spiro atoms. The van der Waals surface area contributed by atoms with Gasteiger partial charge in [0.25, 0.3) is 5.91 Å². The number of carbonyl (C=O) groups is 2. The lowest BCUT2D eigenvalue weighted by molar-refractivity contribution is -0.117. The van der Waals surface area contributed by atoms with Crippen LogP contribution in [0.25, 0.3) is 0 Å². The van der Waals surface area contributed by atoms with E-state index in [9.17, 15) is 9.59 Å². The van der Waals surface area contributed by atoms with Gasteiger partial charge in [-0.1, -0.05) is 29.8 Å². The Balaban J connectivity index is 1.97. The van der Waals surface area contributed by atoms with Gasteiger partial charge in [-0.3, -0.25) is 9.59 Å². The molecule has 23 heavy (non-hydrogen) atoms. The Morgan fingerprint density at radius 1 is 1.13 bits per heavy atom. The summed E-state index contributed by atoms with van der Waals surface area (Å²) < 4.78 is 5.05. The third-order valence-corrected chi connectivity index (χ3v) is 3.49. The second kappa shape index (κ2) is 7.65. The summed E-state index contributed by atoms with van der Waals surface area (Å²) in [6, 6.07) is 12.9. The molecule has 0 aliphatic rings. The summed E-state index contributed by atoms with van der Waals surface area (Å²) in [5, 5.41) is 5.74. The molecule has 0 saturated carbocycles. The lowest BCUT2D eigenvalue weighted by Crippen LogP contribution is -2.41. The Labute approximate surface area is 139 Å². The normalized spacial score (nSPS) is 11.4. The molecule has 0 aromatic heterocycles. The number of hydrogen-bond acceptors (Lipinski definition) is 3. The highest BCUT2D eigenvalue weighted by molar-refractivity contribution is 6.32. The van der Waals surface area contributed by atoms with Gasteiger partial charge in [-0.15, -0.1) is 0 Å². The number of nitrogens with one attached hydrogen (secondary N) is 2. The molecule has 1 atom stereocenters. The van der Waals surface area contributed by atoms with Crippen molar-refractivity contribution >= 4 is 29.1 Å². The smallest absolute Gasteiger partial charge is 0.251 e. The molecule has 2 rings (SSSR count). The Bertz CT molecular complexity index is 704. The Morgan fingerprint density at radius 3 is 2.43 bits per heavy atom. The minimum atomic E-state index is -0.691. The predicted octanol–water partition coefficient (Wildman–Crippen LogP) is 3.11. The van der Waals surface area contributed by atoms with E-state index in [0.717, 1.165) is 0 Å². The molecule has 0 saturated heterocycles. The molecule has 2 amide bonds. The van der Waals surface area contributed by atoms with E-state index in [2.05, 4.69) is 10.6 Å². The van der Waals surface area contributed by atoms with Gasteiger partial charge in [0.2, 0.25) is 5.91 Å². The van der Waals surface area contributed by atoms with Crippen LogP contribution in [0.2, 0.25) is 5.02 Å². The van der Waals surface area contributed by atoms with Gasteiger partial charge in [0.15, 0.2) is 0 Å². The zero-order chi connectivity index (χ0) is 16.8. The molecule has 0 bridgehead atoms. The summed E-state index contributed by atoms with van der Waals surface area (Å²) in [5.74, 6) is -0.119. The standard InChI is InChI=1S/C17H17ClN2O3/c1-11(19-17(22)12-6-4-3-5-7-12)16(21)20-13-8-9-15(23-2)14(18)10-13/h3-11H,1-2H3,(H,19,22)(H,20,21)/t11-/m0/s1. The van der Waals surface area contributed by atoms with E-state index in [1.165, 1.54) is 7.11 Å². The van der Waals surface area contributed by atoms with Crippen molar-refractivity contribution in [2.75, 3.05) is 12.4 Å². The van der Waals surface area contributed by atoms with Gasteiger partial charge in [-0.05, 0) is 37.3 Å². The quantitative estimate of drug-likeness (QED) is 0.884. The molecule has 2 N–H and O–H groups in total. The summed E-state index contributed by atoms with van der Waals surface area (Å²) >= 11 is 6.01. The fourth-order valence-electron chi connectivity index (χ4n) is 1.93. The van der Waals surface area contributed by atoms with Crippen LogP contribution in [0.1, 0.15) is 17.3 Å². The van der Waals surface area contributed by atoms with E-state index in [-0.39, 0.29) is 11.8 Å². The number of hydrogen-bond donors (Lipinski definition) is 2. The average Bonchev–Trinajstić information content (AvgIpc) is 2.55. The van der Waals surface area contributed by atoms with Crippen LogP contribution in [0.3, 0.4) is 0 Å². The van der Waals surface area contributed by atoms with Gasteiger partial charge in [0.1, 0.15) is 11.8 Å². The molecule has 0 aliphatic carbocycles. The van der Waals surface area contributed by atoms with Gasteiger partial charge in [0, 0.05) is 11.3 Å². The Hall–Kier alpha value is -2.53. The van der Waals surface area contributed by atoms with Gasteiger partial charge in [-0.2, -0.15) is 0 Å². The van der Waals surface area contributed by atoms with Crippen LogP contribution in [0.15, 0.2) is 48.5 Å². The van der Waals surface area contributed by atoms with Crippen LogP contribution in [0.5, 0.6) is 5.75 Å². The fourth-order valence-corrected chi connectivity index (χ4v) is 2.19. The summed E-state index contributed by atoms with van der Waals surface area (Å²) in [4.78, 5) is 24.2. The molecular weight excluding hydrogens is 316 g/mol. The van der Waals surface area contributed by atoms with E-state index < -0.39 is 6.04 Å². The second-order valence-electron chi connectivity index (χ2n) is 4.90. The number of carbonyl (C=O) groups excluding carboxylic acids is 2. The fraction of sp³-hybridized carbons (Fsp3) is 0.176. The molecule has 2 aromatic carbocycles. The van der Waals surface area contributed by atoms with Crippen LogP contribution in [-0.4, -0.2) is 25.0 Å². The molecule has 6 heteroatoms. The highest BCUT2D eigenvalue weighted by Gasteiger charge is 2.17. The first-order valence-corrected chi connectivity index (χ1v) is 7.39. The molecular formula is C17H17ClN2O3.